The van der Waals surface area contributed by atoms with E-state index in [0.717, 1.165) is 6.20 Å². The van der Waals surface area contributed by atoms with Crippen LogP contribution < -0.4 is 4.72 Å². The average molecular weight is 316 g/mol. The minimum Gasteiger partial charge on any atom is -0.274 e. The Morgan fingerprint density at radius 2 is 2.00 bits per heavy atom. The molecule has 1 aromatic heterocycles. The molecule has 0 aliphatic carbocycles. The monoisotopic (exact) mass is 316 g/mol. The van der Waals surface area contributed by atoms with Gasteiger partial charge in [-0.25, -0.2) is 12.8 Å². The summed E-state index contributed by atoms with van der Waals surface area (Å²) in [6.45, 7) is 5.42. The SMILES string of the molecule is CC(C)C[C@H](C)S(=O)(=O)NC(=O)CCc1cncc(F)c1. The summed E-state index contributed by atoms with van der Waals surface area (Å²) < 4.78 is 38.9. The number of pyridine rings is 1. The quantitative estimate of drug-likeness (QED) is 0.835. The first kappa shape index (κ1) is 17.6. The Balaban J connectivity index is 2.53. The Morgan fingerprint density at radius 1 is 1.33 bits per heavy atom. The highest BCUT2D eigenvalue weighted by atomic mass is 32.2. The summed E-state index contributed by atoms with van der Waals surface area (Å²) in [7, 11) is -3.66. The lowest BCUT2D eigenvalue weighted by Crippen LogP contribution is -2.37. The summed E-state index contributed by atoms with van der Waals surface area (Å²) in [5.41, 5.74) is 0.553. The van der Waals surface area contributed by atoms with Crippen LogP contribution in [0, 0.1) is 11.7 Å². The van der Waals surface area contributed by atoms with E-state index in [9.17, 15) is 17.6 Å². The van der Waals surface area contributed by atoms with Gasteiger partial charge in [0.1, 0.15) is 5.82 Å². The first-order valence-electron chi connectivity index (χ1n) is 6.84. The molecule has 21 heavy (non-hydrogen) atoms. The summed E-state index contributed by atoms with van der Waals surface area (Å²) in [6, 6.07) is 1.27. The van der Waals surface area contributed by atoms with E-state index in [1.54, 1.807) is 6.92 Å². The molecular weight excluding hydrogens is 295 g/mol. The molecule has 0 bridgehead atoms. The van der Waals surface area contributed by atoms with Gasteiger partial charge >= 0.3 is 0 Å². The smallest absolute Gasteiger partial charge is 0.237 e. The number of nitrogens with one attached hydrogen (secondary N) is 1. The Hall–Kier alpha value is -1.50. The van der Waals surface area contributed by atoms with Crippen LogP contribution in [0.2, 0.25) is 0 Å². The van der Waals surface area contributed by atoms with Crippen LogP contribution in [0.25, 0.3) is 0 Å². The van der Waals surface area contributed by atoms with Gasteiger partial charge in [-0.3, -0.25) is 14.5 Å². The van der Waals surface area contributed by atoms with E-state index in [-0.39, 0.29) is 18.8 Å². The largest absolute Gasteiger partial charge is 0.274 e. The van der Waals surface area contributed by atoms with Crippen molar-refractivity contribution < 1.29 is 17.6 Å². The summed E-state index contributed by atoms with van der Waals surface area (Å²) >= 11 is 0. The third-order valence-electron chi connectivity index (χ3n) is 2.99. The molecule has 0 saturated carbocycles. The number of rotatable bonds is 7. The molecule has 1 atom stereocenters. The number of carbonyl (C=O) groups is 1. The Morgan fingerprint density at radius 3 is 2.57 bits per heavy atom. The van der Waals surface area contributed by atoms with Crippen LogP contribution in [0.1, 0.15) is 39.2 Å². The van der Waals surface area contributed by atoms with Crippen molar-refractivity contribution in [2.45, 2.75) is 45.3 Å². The van der Waals surface area contributed by atoms with Crippen molar-refractivity contribution >= 4 is 15.9 Å². The maximum Gasteiger partial charge on any atom is 0.237 e. The molecule has 7 heteroatoms. The van der Waals surface area contributed by atoms with Crippen molar-refractivity contribution in [3.63, 3.8) is 0 Å². The van der Waals surface area contributed by atoms with Crippen LogP contribution in [0.3, 0.4) is 0 Å². The second-order valence-electron chi connectivity index (χ2n) is 5.52. The summed E-state index contributed by atoms with van der Waals surface area (Å²) in [5, 5.41) is -0.628. The summed E-state index contributed by atoms with van der Waals surface area (Å²) in [6.07, 6.45) is 3.22. The molecule has 1 amide bonds. The standard InChI is InChI=1S/C14H21FN2O3S/c1-10(2)6-11(3)21(19,20)17-14(18)5-4-12-7-13(15)9-16-8-12/h7-11H,4-6H2,1-3H3,(H,17,18)/t11-/m0/s1. The van der Waals surface area contributed by atoms with Gasteiger partial charge in [-0.05, 0) is 37.3 Å². The minimum absolute atomic E-state index is 0.0290. The number of nitrogens with zero attached hydrogens (tertiary/aromatic N) is 1. The fourth-order valence-corrected chi connectivity index (χ4v) is 3.21. The van der Waals surface area contributed by atoms with Gasteiger partial charge in [-0.1, -0.05) is 13.8 Å². The highest BCUT2D eigenvalue weighted by Crippen LogP contribution is 2.11. The second-order valence-corrected chi connectivity index (χ2v) is 7.62. The van der Waals surface area contributed by atoms with E-state index in [2.05, 4.69) is 9.71 Å². The van der Waals surface area contributed by atoms with Crippen LogP contribution in [-0.4, -0.2) is 24.6 Å². The van der Waals surface area contributed by atoms with Crippen LogP contribution in [0.5, 0.6) is 0 Å². The molecule has 0 spiro atoms. The molecule has 0 fully saturated rings. The Kier molecular flexibility index (Phi) is 6.26. The molecule has 0 unspecified atom stereocenters. The van der Waals surface area contributed by atoms with E-state index in [0.29, 0.717) is 12.0 Å². The maximum absolute atomic E-state index is 12.9. The van der Waals surface area contributed by atoms with Gasteiger partial charge in [0.25, 0.3) is 0 Å². The van der Waals surface area contributed by atoms with Crippen LogP contribution in [0.4, 0.5) is 4.39 Å². The molecule has 1 heterocycles. The van der Waals surface area contributed by atoms with Gasteiger partial charge in [0.15, 0.2) is 0 Å². The zero-order valence-electron chi connectivity index (χ0n) is 12.5. The lowest BCUT2D eigenvalue weighted by molar-refractivity contribution is -0.119. The van der Waals surface area contributed by atoms with E-state index in [1.165, 1.54) is 12.3 Å². The Bertz CT molecular complexity index is 588. The van der Waals surface area contributed by atoms with Gasteiger partial charge in [0.05, 0.1) is 11.4 Å². The predicted molar refractivity (Wildman–Crippen MR) is 78.5 cm³/mol. The number of hydrogen-bond acceptors (Lipinski definition) is 4. The zero-order chi connectivity index (χ0) is 16.0. The zero-order valence-corrected chi connectivity index (χ0v) is 13.3. The molecule has 1 aromatic rings. The number of sulfonamides is 1. The van der Waals surface area contributed by atoms with Gasteiger partial charge in [0.2, 0.25) is 15.9 Å². The molecule has 0 aromatic carbocycles. The number of aryl methyl sites for hydroxylation is 1. The molecule has 1 rings (SSSR count). The van der Waals surface area contributed by atoms with Crippen LogP contribution in [0.15, 0.2) is 18.5 Å². The van der Waals surface area contributed by atoms with E-state index in [4.69, 9.17) is 0 Å². The van der Waals surface area contributed by atoms with Gasteiger partial charge in [-0.2, -0.15) is 0 Å². The van der Waals surface area contributed by atoms with Gasteiger partial charge < -0.3 is 0 Å². The summed E-state index contributed by atoms with van der Waals surface area (Å²) in [4.78, 5) is 15.4. The van der Waals surface area contributed by atoms with Gasteiger partial charge in [-0.15, -0.1) is 0 Å². The van der Waals surface area contributed by atoms with Crippen LogP contribution in [-0.2, 0) is 21.2 Å². The number of amides is 1. The Labute approximate surface area is 125 Å². The molecule has 1 N–H and O–H groups in total. The topological polar surface area (TPSA) is 76.1 Å². The molecular formula is C14H21FN2O3S. The first-order valence-corrected chi connectivity index (χ1v) is 8.39. The highest BCUT2D eigenvalue weighted by molar-refractivity contribution is 7.90. The number of aromatic nitrogens is 1. The average Bonchev–Trinajstić information content (AvgIpc) is 2.35. The molecule has 118 valence electrons. The predicted octanol–water partition coefficient (Wildman–Crippen LogP) is 2.03. The van der Waals surface area contributed by atoms with Crippen molar-refractivity contribution in [1.82, 2.24) is 9.71 Å². The minimum atomic E-state index is -3.66. The number of halogens is 1. The molecule has 0 aliphatic heterocycles. The molecule has 5 nitrogen and oxygen atoms in total. The van der Waals surface area contributed by atoms with E-state index < -0.39 is 27.0 Å². The lowest BCUT2D eigenvalue weighted by atomic mass is 10.1. The number of carbonyl (C=O) groups excluding carboxylic acids is 1. The van der Waals surface area contributed by atoms with Crippen molar-refractivity contribution in [2.24, 2.45) is 5.92 Å². The molecule has 0 aliphatic rings. The summed E-state index contributed by atoms with van der Waals surface area (Å²) in [5.74, 6) is -0.842. The second kappa shape index (κ2) is 7.49. The fraction of sp³-hybridized carbons (Fsp3) is 0.571. The maximum atomic E-state index is 12.9. The van der Waals surface area contributed by atoms with Crippen molar-refractivity contribution in [3.05, 3.63) is 29.8 Å². The van der Waals surface area contributed by atoms with Crippen molar-refractivity contribution in [2.75, 3.05) is 0 Å². The normalized spacial score (nSPS) is 13.2. The van der Waals surface area contributed by atoms with E-state index in [1.807, 2.05) is 13.8 Å². The third kappa shape index (κ3) is 6.20. The molecule has 0 saturated heterocycles. The first-order chi connectivity index (χ1) is 9.70. The van der Waals surface area contributed by atoms with Crippen molar-refractivity contribution in [3.8, 4) is 0 Å². The van der Waals surface area contributed by atoms with E-state index >= 15 is 0 Å². The third-order valence-corrected chi connectivity index (χ3v) is 4.76. The van der Waals surface area contributed by atoms with Crippen LogP contribution >= 0.6 is 0 Å². The fourth-order valence-electron chi connectivity index (χ4n) is 1.95. The lowest BCUT2D eigenvalue weighted by Gasteiger charge is -2.15. The van der Waals surface area contributed by atoms with Crippen molar-refractivity contribution in [1.29, 1.82) is 0 Å². The molecule has 0 radical (unpaired) electrons. The van der Waals surface area contributed by atoms with Gasteiger partial charge in [0, 0.05) is 12.6 Å². The number of hydrogen-bond donors (Lipinski definition) is 1. The highest BCUT2D eigenvalue weighted by Gasteiger charge is 2.23.